The van der Waals surface area contributed by atoms with Crippen LogP contribution in [-0.2, 0) is 19.7 Å². The second-order valence-electron chi connectivity index (χ2n) is 8.34. The van der Waals surface area contributed by atoms with Crippen molar-refractivity contribution in [3.05, 3.63) is 132 Å². The summed E-state index contributed by atoms with van der Waals surface area (Å²) in [4.78, 5) is -0.940. The Morgan fingerprint density at radius 3 is 1.31 bits per heavy atom. The van der Waals surface area contributed by atoms with E-state index in [1.165, 1.54) is 60.7 Å². The molecule has 0 spiro atoms. The molecule has 0 saturated heterocycles. The van der Waals surface area contributed by atoms with Gasteiger partial charge in [-0.2, -0.15) is 0 Å². The first kappa shape index (κ1) is 25.8. The maximum Gasteiger partial charge on any atom is 0.324 e. The highest BCUT2D eigenvalue weighted by Gasteiger charge is 2.63. The molecule has 2 atom stereocenters. The van der Waals surface area contributed by atoms with Gasteiger partial charge in [-0.05, 0) is 41.8 Å². The molecular weight excluding hydrogens is 499 g/mol. The maximum atomic E-state index is 17.7. The molecule has 0 aromatic heterocycles. The molecule has 0 radical (unpaired) electrons. The summed E-state index contributed by atoms with van der Waals surface area (Å²) in [6, 6.07) is 29.5. The largest absolute Gasteiger partial charge is 0.388 e. The highest BCUT2D eigenvalue weighted by molar-refractivity contribution is 8.10. The Morgan fingerprint density at radius 1 is 0.583 bits per heavy atom. The lowest BCUT2D eigenvalue weighted by Gasteiger charge is -2.34. The van der Waals surface area contributed by atoms with Crippen LogP contribution in [0.1, 0.15) is 29.6 Å². The lowest BCUT2D eigenvalue weighted by molar-refractivity contribution is 0.140. The zero-order valence-corrected chi connectivity index (χ0v) is 20.8. The second kappa shape index (κ2) is 10.3. The molecular formula is C28H25FO5S2. The van der Waals surface area contributed by atoms with Gasteiger partial charge in [0.15, 0.2) is 0 Å². The molecule has 186 valence electrons. The minimum absolute atomic E-state index is 0.133. The number of alkyl halides is 1. The number of aliphatic hydroxyl groups is 1. The first-order chi connectivity index (χ1) is 17.2. The van der Waals surface area contributed by atoms with Crippen LogP contribution in [0, 0.1) is 0 Å². The van der Waals surface area contributed by atoms with Crippen LogP contribution < -0.4 is 0 Å². The number of sulfone groups is 2. The van der Waals surface area contributed by atoms with Gasteiger partial charge in [0, 0.05) is 0 Å². The smallest absolute Gasteiger partial charge is 0.324 e. The van der Waals surface area contributed by atoms with Gasteiger partial charge >= 0.3 is 4.33 Å². The van der Waals surface area contributed by atoms with Crippen LogP contribution in [0.3, 0.4) is 0 Å². The van der Waals surface area contributed by atoms with Crippen molar-refractivity contribution in [1.82, 2.24) is 0 Å². The molecule has 0 fully saturated rings. The Balaban J connectivity index is 2.00. The zero-order chi connectivity index (χ0) is 25.8. The van der Waals surface area contributed by atoms with Crippen LogP contribution in [0.5, 0.6) is 0 Å². The van der Waals surface area contributed by atoms with Gasteiger partial charge in [-0.1, -0.05) is 97.1 Å². The highest BCUT2D eigenvalue weighted by Crippen LogP contribution is 2.50. The number of benzene rings is 4. The van der Waals surface area contributed by atoms with Gasteiger partial charge in [-0.3, -0.25) is 0 Å². The molecule has 0 heterocycles. The minimum Gasteiger partial charge on any atom is -0.388 e. The molecule has 0 aliphatic heterocycles. The van der Waals surface area contributed by atoms with Crippen molar-refractivity contribution in [2.24, 2.45) is 0 Å². The van der Waals surface area contributed by atoms with E-state index in [1.54, 1.807) is 60.7 Å². The molecule has 0 aliphatic carbocycles. The average Bonchev–Trinajstić information content (AvgIpc) is 2.93. The molecule has 0 amide bonds. The van der Waals surface area contributed by atoms with E-state index in [9.17, 15) is 21.9 Å². The van der Waals surface area contributed by atoms with Crippen molar-refractivity contribution in [1.29, 1.82) is 0 Å². The Hall–Kier alpha value is -3.33. The fraction of sp³-hybridized carbons (Fsp3) is 0.143. The van der Waals surface area contributed by atoms with Crippen molar-refractivity contribution in [3.63, 3.8) is 0 Å². The molecule has 8 heteroatoms. The molecule has 4 rings (SSSR count). The van der Waals surface area contributed by atoms with E-state index in [0.29, 0.717) is 5.56 Å². The third-order valence-electron chi connectivity index (χ3n) is 6.10. The average molecular weight is 525 g/mol. The monoisotopic (exact) mass is 524 g/mol. The Bertz CT molecular complexity index is 1420. The Labute approximate surface area is 210 Å². The normalized spacial score (nSPS) is 14.2. The molecule has 0 bridgehead atoms. The van der Waals surface area contributed by atoms with Crippen molar-refractivity contribution in [2.75, 3.05) is 0 Å². The molecule has 1 N–H and O–H groups in total. The molecule has 4 aromatic rings. The fourth-order valence-corrected chi connectivity index (χ4v) is 8.86. The topological polar surface area (TPSA) is 88.5 Å². The molecule has 0 aliphatic rings. The van der Waals surface area contributed by atoms with E-state index in [0.717, 1.165) is 0 Å². The van der Waals surface area contributed by atoms with Crippen LogP contribution in [0.2, 0.25) is 0 Å². The minimum atomic E-state index is -5.15. The van der Waals surface area contributed by atoms with E-state index in [1.807, 2.05) is 0 Å². The molecule has 4 aromatic carbocycles. The lowest BCUT2D eigenvalue weighted by Crippen LogP contribution is -2.48. The van der Waals surface area contributed by atoms with Crippen LogP contribution >= 0.6 is 0 Å². The number of hydrogen-bond acceptors (Lipinski definition) is 5. The molecule has 0 saturated carbocycles. The van der Waals surface area contributed by atoms with Crippen molar-refractivity contribution < 1.29 is 26.3 Å². The first-order valence-corrected chi connectivity index (χ1v) is 14.2. The van der Waals surface area contributed by atoms with E-state index in [-0.39, 0.29) is 5.56 Å². The van der Waals surface area contributed by atoms with E-state index in [4.69, 9.17) is 0 Å². The van der Waals surface area contributed by atoms with Gasteiger partial charge in [0.1, 0.15) is 0 Å². The molecule has 2 unspecified atom stereocenters. The van der Waals surface area contributed by atoms with Crippen molar-refractivity contribution in [3.8, 4) is 0 Å². The third-order valence-corrected chi connectivity index (χ3v) is 11.2. The van der Waals surface area contributed by atoms with Gasteiger partial charge in [0.2, 0.25) is 19.7 Å². The maximum absolute atomic E-state index is 17.7. The summed E-state index contributed by atoms with van der Waals surface area (Å²) in [5, 5.41) is 11.0. The Morgan fingerprint density at radius 2 is 0.917 bits per heavy atom. The standard InChI is InChI=1S/C28H25FO5S2/c29-28(35(31,32)24-17-9-3-10-18-24,36(33,34)25-19-11-4-12-20-25)26(22-13-5-1-6-14-22)21-27(30)23-15-7-2-8-16-23/h1-20,26-27,30H,21H2. The molecule has 36 heavy (non-hydrogen) atoms. The SMILES string of the molecule is O=S(=O)(c1ccccc1)C(F)(C(CC(O)c1ccccc1)c1ccccc1)S(=O)(=O)c1ccccc1. The summed E-state index contributed by atoms with van der Waals surface area (Å²) in [5.41, 5.74) is 0.545. The quantitative estimate of drug-likeness (QED) is 0.314. The van der Waals surface area contributed by atoms with Gasteiger partial charge < -0.3 is 5.11 Å². The second-order valence-corrected chi connectivity index (χ2v) is 12.7. The zero-order valence-electron chi connectivity index (χ0n) is 19.2. The van der Waals surface area contributed by atoms with Crippen LogP contribution in [-0.4, -0.2) is 26.3 Å². The van der Waals surface area contributed by atoms with Gasteiger partial charge in [0.25, 0.3) is 0 Å². The summed E-state index contributed by atoms with van der Waals surface area (Å²) in [6.45, 7) is 0. The fourth-order valence-electron chi connectivity index (χ4n) is 4.24. The van der Waals surface area contributed by atoms with Crippen LogP contribution in [0.15, 0.2) is 131 Å². The number of halogens is 1. The van der Waals surface area contributed by atoms with E-state index in [2.05, 4.69) is 0 Å². The third kappa shape index (κ3) is 4.59. The summed E-state index contributed by atoms with van der Waals surface area (Å²) >= 11 is 0. The predicted molar refractivity (Wildman–Crippen MR) is 136 cm³/mol. The first-order valence-electron chi connectivity index (χ1n) is 11.3. The van der Waals surface area contributed by atoms with Gasteiger partial charge in [-0.25, -0.2) is 21.2 Å². The predicted octanol–water partition coefficient (Wildman–Crippen LogP) is 5.47. The number of hydrogen-bond donors (Lipinski definition) is 1. The molecule has 5 nitrogen and oxygen atoms in total. The van der Waals surface area contributed by atoms with E-state index < -0.39 is 52.2 Å². The Kier molecular flexibility index (Phi) is 7.40. The highest BCUT2D eigenvalue weighted by atomic mass is 32.3. The van der Waals surface area contributed by atoms with Crippen LogP contribution in [0.4, 0.5) is 4.39 Å². The van der Waals surface area contributed by atoms with Crippen molar-refractivity contribution in [2.45, 2.75) is 32.6 Å². The summed E-state index contributed by atoms with van der Waals surface area (Å²) in [5.74, 6) is -1.76. The summed E-state index contributed by atoms with van der Waals surface area (Å²) in [6.07, 6.45) is -1.83. The summed E-state index contributed by atoms with van der Waals surface area (Å²) < 4.78 is 69.7. The van der Waals surface area contributed by atoms with Gasteiger partial charge in [-0.15, -0.1) is 0 Å². The van der Waals surface area contributed by atoms with Crippen LogP contribution in [0.25, 0.3) is 0 Å². The van der Waals surface area contributed by atoms with E-state index >= 15 is 4.39 Å². The number of aliphatic hydroxyl groups excluding tert-OH is 1. The van der Waals surface area contributed by atoms with Crippen molar-refractivity contribution >= 4 is 19.7 Å². The number of rotatable bonds is 9. The van der Waals surface area contributed by atoms with Gasteiger partial charge in [0.05, 0.1) is 21.8 Å². The summed E-state index contributed by atoms with van der Waals surface area (Å²) in [7, 11) is -10.3. The lowest BCUT2D eigenvalue weighted by atomic mass is 9.91.